The van der Waals surface area contributed by atoms with Crippen molar-refractivity contribution < 1.29 is 24.4 Å². The summed E-state index contributed by atoms with van der Waals surface area (Å²) in [6, 6.07) is 4.86. The molecule has 0 aromatic heterocycles. The summed E-state index contributed by atoms with van der Waals surface area (Å²) in [7, 11) is -1.14. The molecule has 2 N–H and O–H groups in total. The Kier molecular flexibility index (Phi) is 4.44. The van der Waals surface area contributed by atoms with Gasteiger partial charge in [0, 0.05) is 18.7 Å². The first kappa shape index (κ1) is 14.6. The number of fused-ring (bicyclic) bond motifs is 1. The molecule has 2 rings (SSSR count). The Morgan fingerprint density at radius 3 is 2.85 bits per heavy atom. The zero-order valence-electron chi connectivity index (χ0n) is 11.3. The van der Waals surface area contributed by atoms with E-state index in [-0.39, 0.29) is 29.3 Å². The van der Waals surface area contributed by atoms with Crippen molar-refractivity contribution in [1.82, 2.24) is 0 Å². The Morgan fingerprint density at radius 1 is 1.45 bits per heavy atom. The number of aromatic carboxylic acids is 1. The maximum absolute atomic E-state index is 11.7. The summed E-state index contributed by atoms with van der Waals surface area (Å²) in [6.07, 6.45) is 1.98. The van der Waals surface area contributed by atoms with E-state index in [1.807, 2.05) is 6.92 Å². The molecule has 20 heavy (non-hydrogen) atoms. The molecule has 0 saturated carbocycles. The van der Waals surface area contributed by atoms with Gasteiger partial charge in [-0.1, -0.05) is 19.1 Å². The third kappa shape index (κ3) is 3.01. The Labute approximate surface area is 117 Å². The predicted octanol–water partition coefficient (Wildman–Crippen LogP) is 1.93. The fraction of sp³-hybridized carbons (Fsp3) is 0.429. The average Bonchev–Trinajstić information content (AvgIpc) is 2.39. The van der Waals surface area contributed by atoms with E-state index >= 15 is 0 Å². The first-order valence-corrected chi connectivity index (χ1v) is 6.74. The van der Waals surface area contributed by atoms with Gasteiger partial charge >= 0.3 is 13.1 Å². The Morgan fingerprint density at radius 2 is 2.20 bits per heavy atom. The second-order valence-corrected chi connectivity index (χ2v) is 5.06. The second-order valence-electron chi connectivity index (χ2n) is 5.06. The van der Waals surface area contributed by atoms with Crippen molar-refractivity contribution in [3.63, 3.8) is 0 Å². The van der Waals surface area contributed by atoms with Crippen molar-refractivity contribution in [2.75, 3.05) is 0 Å². The number of hydrogen-bond acceptors (Lipinski definition) is 4. The number of carboxylic acid groups (broad SMARTS) is 1. The maximum atomic E-state index is 11.7. The smallest absolute Gasteiger partial charge is 0.526 e. The van der Waals surface area contributed by atoms with Crippen molar-refractivity contribution in [3.8, 4) is 5.75 Å². The number of benzene rings is 1. The normalized spacial score (nSPS) is 17.3. The molecule has 0 fully saturated rings. The van der Waals surface area contributed by atoms with Gasteiger partial charge in [0.1, 0.15) is 11.5 Å². The summed E-state index contributed by atoms with van der Waals surface area (Å²) in [6.45, 7) is 1.93. The number of carbonyl (C=O) groups excluding carboxylic acids is 1. The molecule has 0 aliphatic carbocycles. The first-order chi connectivity index (χ1) is 9.52. The van der Waals surface area contributed by atoms with Gasteiger partial charge in [-0.05, 0) is 24.5 Å². The van der Waals surface area contributed by atoms with E-state index < -0.39 is 13.1 Å². The van der Waals surface area contributed by atoms with Crippen molar-refractivity contribution in [2.24, 2.45) is 0 Å². The van der Waals surface area contributed by atoms with Crippen LogP contribution in [0.25, 0.3) is 0 Å². The molecule has 1 aliphatic heterocycles. The molecular weight excluding hydrogens is 259 g/mol. The van der Waals surface area contributed by atoms with Gasteiger partial charge in [-0.2, -0.15) is 0 Å². The van der Waals surface area contributed by atoms with Gasteiger partial charge in [0.15, 0.2) is 0 Å². The van der Waals surface area contributed by atoms with Crippen molar-refractivity contribution in [2.45, 2.75) is 38.4 Å². The molecule has 6 heteroatoms. The SMILES string of the molecule is CCCC(=O)C[C@H]1Cc2cccc(C(=O)O)c2OB1O. The van der Waals surface area contributed by atoms with Crippen molar-refractivity contribution >= 4 is 18.9 Å². The highest BCUT2D eigenvalue weighted by molar-refractivity contribution is 6.47. The molecule has 1 heterocycles. The fourth-order valence-corrected chi connectivity index (χ4v) is 2.50. The van der Waals surface area contributed by atoms with E-state index in [2.05, 4.69) is 0 Å². The minimum absolute atomic E-state index is 0.0416. The molecule has 0 bridgehead atoms. The van der Waals surface area contributed by atoms with Crippen LogP contribution in [0.4, 0.5) is 0 Å². The lowest BCUT2D eigenvalue weighted by molar-refractivity contribution is -0.119. The zero-order chi connectivity index (χ0) is 14.7. The second kappa shape index (κ2) is 6.09. The van der Waals surface area contributed by atoms with Crippen LogP contribution in [0.2, 0.25) is 5.82 Å². The van der Waals surface area contributed by atoms with E-state index in [1.165, 1.54) is 6.07 Å². The van der Waals surface area contributed by atoms with Gasteiger partial charge < -0.3 is 14.8 Å². The van der Waals surface area contributed by atoms with E-state index in [0.29, 0.717) is 12.8 Å². The van der Waals surface area contributed by atoms with E-state index in [0.717, 1.165) is 12.0 Å². The van der Waals surface area contributed by atoms with Gasteiger partial charge in [-0.25, -0.2) is 4.79 Å². The molecule has 0 saturated heterocycles. The highest BCUT2D eigenvalue weighted by atomic mass is 16.5. The molecule has 5 nitrogen and oxygen atoms in total. The summed E-state index contributed by atoms with van der Waals surface area (Å²) >= 11 is 0. The lowest BCUT2D eigenvalue weighted by atomic mass is 9.64. The van der Waals surface area contributed by atoms with Crippen LogP contribution in [0.5, 0.6) is 5.75 Å². The van der Waals surface area contributed by atoms with Crippen molar-refractivity contribution in [3.05, 3.63) is 29.3 Å². The summed E-state index contributed by atoms with van der Waals surface area (Å²) in [5.74, 6) is -1.09. The van der Waals surface area contributed by atoms with Gasteiger partial charge in [-0.3, -0.25) is 4.79 Å². The standard InChI is InChI=1S/C14H17BO5/c1-2-4-11(16)8-10-7-9-5-3-6-12(14(17)18)13(9)20-15(10)19/h3,5-6,10,19H,2,4,7-8H2,1H3,(H,17,18)/t10-/m1/s1. The maximum Gasteiger partial charge on any atom is 0.526 e. The van der Waals surface area contributed by atoms with Crippen LogP contribution >= 0.6 is 0 Å². The molecule has 0 unspecified atom stereocenters. The molecule has 1 aromatic rings. The minimum Gasteiger partial charge on any atom is -0.535 e. The van der Waals surface area contributed by atoms with Crippen LogP contribution in [-0.2, 0) is 11.2 Å². The molecular formula is C14H17BO5. The Hall–Kier alpha value is -1.82. The monoisotopic (exact) mass is 276 g/mol. The third-order valence-corrected chi connectivity index (χ3v) is 3.47. The Bertz CT molecular complexity index is 528. The molecule has 0 spiro atoms. The van der Waals surface area contributed by atoms with Crippen LogP contribution in [0, 0.1) is 0 Å². The van der Waals surface area contributed by atoms with Gasteiger partial charge in [0.25, 0.3) is 0 Å². The van der Waals surface area contributed by atoms with Gasteiger partial charge in [0.2, 0.25) is 0 Å². The van der Waals surface area contributed by atoms with Crippen LogP contribution < -0.4 is 4.65 Å². The van der Waals surface area contributed by atoms with Crippen LogP contribution in [0.1, 0.15) is 42.1 Å². The molecule has 1 aliphatic rings. The number of ketones is 1. The topological polar surface area (TPSA) is 83.8 Å². The largest absolute Gasteiger partial charge is 0.535 e. The highest BCUT2D eigenvalue weighted by Gasteiger charge is 2.37. The predicted molar refractivity (Wildman–Crippen MR) is 74.0 cm³/mol. The molecule has 0 amide bonds. The van der Waals surface area contributed by atoms with E-state index in [1.54, 1.807) is 12.1 Å². The molecule has 106 valence electrons. The van der Waals surface area contributed by atoms with Gasteiger partial charge in [-0.15, -0.1) is 0 Å². The van der Waals surface area contributed by atoms with Crippen molar-refractivity contribution in [1.29, 1.82) is 0 Å². The third-order valence-electron chi connectivity index (χ3n) is 3.47. The summed E-state index contributed by atoms with van der Waals surface area (Å²) in [5.41, 5.74) is 0.768. The molecule has 1 aromatic carbocycles. The number of Topliss-reactive ketones (excluding diaryl/α,β-unsaturated/α-hetero) is 1. The quantitative estimate of drug-likeness (QED) is 0.803. The lowest BCUT2D eigenvalue weighted by Gasteiger charge is -2.27. The molecule has 0 radical (unpaired) electrons. The van der Waals surface area contributed by atoms with Crippen LogP contribution in [0.3, 0.4) is 0 Å². The minimum atomic E-state index is -1.14. The number of para-hydroxylation sites is 1. The fourth-order valence-electron chi connectivity index (χ4n) is 2.50. The van der Waals surface area contributed by atoms with E-state index in [9.17, 15) is 14.6 Å². The Balaban J connectivity index is 2.19. The number of carbonyl (C=O) groups is 2. The van der Waals surface area contributed by atoms with E-state index in [4.69, 9.17) is 9.76 Å². The van der Waals surface area contributed by atoms with Crippen LogP contribution in [-0.4, -0.2) is 29.0 Å². The highest BCUT2D eigenvalue weighted by Crippen LogP contribution is 2.36. The first-order valence-electron chi connectivity index (χ1n) is 6.74. The summed E-state index contributed by atoms with van der Waals surface area (Å²) in [4.78, 5) is 22.8. The van der Waals surface area contributed by atoms with Gasteiger partial charge in [0.05, 0.1) is 5.56 Å². The average molecular weight is 276 g/mol. The zero-order valence-corrected chi connectivity index (χ0v) is 11.3. The molecule has 1 atom stereocenters. The number of carboxylic acids is 1. The van der Waals surface area contributed by atoms with Crippen LogP contribution in [0.15, 0.2) is 18.2 Å². The number of hydrogen-bond donors (Lipinski definition) is 2. The lowest BCUT2D eigenvalue weighted by Crippen LogP contribution is -2.35. The number of rotatable bonds is 5. The summed E-state index contributed by atoms with van der Waals surface area (Å²) in [5, 5.41) is 19.1. The summed E-state index contributed by atoms with van der Waals surface area (Å²) < 4.78 is 5.34.